The van der Waals surface area contributed by atoms with E-state index < -0.39 is 18.4 Å². The standard InChI is InChI=1S/C19H23O4PS/c1-4-22-24(20,23-5-2)19(15-17-9-7-6-8-10-17)25(21)18-13-11-16(3)12-14-18/h6-15H,4-5H2,1-3H3/b19-15+. The maximum atomic E-state index is 13.3. The van der Waals surface area contributed by atoms with Crippen molar-refractivity contribution in [3.63, 3.8) is 0 Å². The highest BCUT2D eigenvalue weighted by Crippen LogP contribution is 2.58. The summed E-state index contributed by atoms with van der Waals surface area (Å²) in [5, 5.41) is 0. The van der Waals surface area contributed by atoms with E-state index in [9.17, 15) is 8.77 Å². The Morgan fingerprint density at radius 2 is 1.56 bits per heavy atom. The third kappa shape index (κ3) is 5.23. The van der Waals surface area contributed by atoms with Gasteiger partial charge in [0.25, 0.3) is 0 Å². The first-order valence-electron chi connectivity index (χ1n) is 8.15. The Kier molecular flexibility index (Phi) is 7.33. The Balaban J connectivity index is 2.55. The Hall–Kier alpha value is -1.52. The van der Waals surface area contributed by atoms with Crippen molar-refractivity contribution in [2.45, 2.75) is 25.7 Å². The van der Waals surface area contributed by atoms with Crippen LogP contribution in [0, 0.1) is 6.92 Å². The molecule has 0 aliphatic carbocycles. The molecule has 134 valence electrons. The normalized spacial score (nSPS) is 13.6. The molecule has 0 aromatic heterocycles. The molecule has 0 N–H and O–H groups in total. The monoisotopic (exact) mass is 378 g/mol. The quantitative estimate of drug-likeness (QED) is 0.580. The molecular formula is C19H23O4PS. The van der Waals surface area contributed by atoms with Crippen molar-refractivity contribution in [3.8, 4) is 0 Å². The minimum absolute atomic E-state index is 0.159. The van der Waals surface area contributed by atoms with E-state index in [1.54, 1.807) is 32.1 Å². The minimum atomic E-state index is -3.67. The molecule has 6 heteroatoms. The van der Waals surface area contributed by atoms with Crippen LogP contribution in [0.25, 0.3) is 6.08 Å². The van der Waals surface area contributed by atoms with Gasteiger partial charge in [-0.2, -0.15) is 0 Å². The Bertz CT molecular complexity index is 775. The molecule has 0 bridgehead atoms. The molecule has 0 spiro atoms. The van der Waals surface area contributed by atoms with Crippen LogP contribution in [0.15, 0.2) is 64.1 Å². The van der Waals surface area contributed by atoms with Crippen LogP contribution in [-0.4, -0.2) is 17.4 Å². The second-order valence-electron chi connectivity index (χ2n) is 5.31. The number of benzene rings is 2. The van der Waals surface area contributed by atoms with Crippen LogP contribution >= 0.6 is 7.60 Å². The van der Waals surface area contributed by atoms with Crippen LogP contribution < -0.4 is 0 Å². The van der Waals surface area contributed by atoms with Gasteiger partial charge in [0.1, 0.15) is 4.65 Å². The molecule has 0 heterocycles. The molecule has 0 fully saturated rings. The van der Waals surface area contributed by atoms with Crippen LogP contribution in [0.2, 0.25) is 0 Å². The van der Waals surface area contributed by atoms with Crippen molar-refractivity contribution >= 4 is 24.5 Å². The number of hydrogen-bond acceptors (Lipinski definition) is 4. The molecule has 2 aromatic carbocycles. The second kappa shape index (κ2) is 9.25. The first kappa shape index (κ1) is 19.8. The molecule has 0 saturated heterocycles. The van der Waals surface area contributed by atoms with Crippen molar-refractivity contribution in [1.82, 2.24) is 0 Å². The van der Waals surface area contributed by atoms with Gasteiger partial charge in [0.2, 0.25) is 0 Å². The molecule has 1 atom stereocenters. The summed E-state index contributed by atoms with van der Waals surface area (Å²) in [7, 11) is -5.32. The van der Waals surface area contributed by atoms with Gasteiger partial charge in [-0.05, 0) is 44.5 Å². The molecular weight excluding hydrogens is 355 g/mol. The smallest absolute Gasteiger partial charge is 0.305 e. The minimum Gasteiger partial charge on any atom is -0.305 e. The third-order valence-corrected chi connectivity index (χ3v) is 7.61. The molecule has 4 nitrogen and oxygen atoms in total. The summed E-state index contributed by atoms with van der Waals surface area (Å²) >= 11 is 0. The fourth-order valence-corrected chi connectivity index (χ4v) is 5.84. The Morgan fingerprint density at radius 1 is 1.00 bits per heavy atom. The first-order valence-corrected chi connectivity index (χ1v) is 10.8. The first-order chi connectivity index (χ1) is 12.0. The molecule has 0 aliphatic rings. The van der Waals surface area contributed by atoms with Crippen molar-refractivity contribution in [3.05, 3.63) is 70.4 Å². The largest absolute Gasteiger partial charge is 0.370 e. The molecule has 2 rings (SSSR count). The van der Waals surface area contributed by atoms with Gasteiger partial charge in [-0.25, -0.2) is 4.21 Å². The maximum absolute atomic E-state index is 13.3. The van der Waals surface area contributed by atoms with E-state index in [-0.39, 0.29) is 17.9 Å². The van der Waals surface area contributed by atoms with Gasteiger partial charge in [0.05, 0.1) is 24.0 Å². The lowest BCUT2D eigenvalue weighted by Crippen LogP contribution is -2.04. The molecule has 0 amide bonds. The van der Waals surface area contributed by atoms with Gasteiger partial charge in [0, 0.05) is 4.90 Å². The number of aryl methyl sites for hydroxylation is 1. The Labute approximate surface area is 151 Å². The predicted octanol–water partition coefficient (Wildman–Crippen LogP) is 5.37. The summed E-state index contributed by atoms with van der Waals surface area (Å²) in [6.45, 7) is 5.84. The average Bonchev–Trinajstić information content (AvgIpc) is 2.61. The molecule has 1 unspecified atom stereocenters. The van der Waals surface area contributed by atoms with Crippen LogP contribution in [0.1, 0.15) is 25.0 Å². The molecule has 2 aromatic rings. The summed E-state index contributed by atoms with van der Waals surface area (Å²) in [5.74, 6) is 0. The fourth-order valence-electron chi connectivity index (χ4n) is 2.21. The van der Waals surface area contributed by atoms with E-state index in [4.69, 9.17) is 9.05 Å². The SMILES string of the molecule is CCOP(=O)(OCC)/C(=C\c1ccccc1)S(=O)c1ccc(C)cc1. The van der Waals surface area contributed by atoms with E-state index >= 15 is 0 Å². The predicted molar refractivity (Wildman–Crippen MR) is 103 cm³/mol. The summed E-state index contributed by atoms with van der Waals surface area (Å²) in [6.07, 6.45) is 1.64. The third-order valence-electron chi connectivity index (χ3n) is 3.38. The van der Waals surface area contributed by atoms with E-state index in [1.165, 1.54) is 0 Å². The van der Waals surface area contributed by atoms with E-state index in [0.717, 1.165) is 11.1 Å². The topological polar surface area (TPSA) is 52.6 Å². The molecule has 0 aliphatic heterocycles. The van der Waals surface area contributed by atoms with Gasteiger partial charge in [-0.3, -0.25) is 4.57 Å². The lowest BCUT2D eigenvalue weighted by Gasteiger charge is -2.20. The van der Waals surface area contributed by atoms with Gasteiger partial charge in [0.15, 0.2) is 0 Å². The van der Waals surface area contributed by atoms with Crippen LogP contribution in [0.3, 0.4) is 0 Å². The summed E-state index contributed by atoms with van der Waals surface area (Å²) in [4.78, 5) is 0.562. The van der Waals surface area contributed by atoms with Crippen molar-refractivity contribution in [2.75, 3.05) is 13.2 Å². The van der Waals surface area contributed by atoms with Crippen molar-refractivity contribution < 1.29 is 17.8 Å². The van der Waals surface area contributed by atoms with Crippen molar-refractivity contribution in [2.24, 2.45) is 0 Å². The maximum Gasteiger partial charge on any atom is 0.370 e. The zero-order chi connectivity index (χ0) is 18.3. The average molecular weight is 378 g/mol. The zero-order valence-electron chi connectivity index (χ0n) is 14.7. The van der Waals surface area contributed by atoms with Crippen LogP contribution in [0.5, 0.6) is 0 Å². The molecule has 0 radical (unpaired) electrons. The molecule has 0 saturated carbocycles. The van der Waals surface area contributed by atoms with Crippen LogP contribution in [0.4, 0.5) is 0 Å². The lowest BCUT2D eigenvalue weighted by molar-refractivity contribution is 0.228. The highest BCUT2D eigenvalue weighted by atomic mass is 32.2. The summed E-state index contributed by atoms with van der Waals surface area (Å²) in [6, 6.07) is 16.6. The van der Waals surface area contributed by atoms with Gasteiger partial charge in [-0.1, -0.05) is 48.0 Å². The van der Waals surface area contributed by atoms with Gasteiger partial charge in [-0.15, -0.1) is 0 Å². The lowest BCUT2D eigenvalue weighted by atomic mass is 10.2. The van der Waals surface area contributed by atoms with E-state index in [0.29, 0.717) is 4.90 Å². The van der Waals surface area contributed by atoms with Crippen molar-refractivity contribution in [1.29, 1.82) is 0 Å². The van der Waals surface area contributed by atoms with Crippen LogP contribution in [-0.2, 0) is 24.4 Å². The number of hydrogen-bond donors (Lipinski definition) is 0. The summed E-state index contributed by atoms with van der Waals surface area (Å²) in [5.41, 5.74) is 1.85. The molecule has 25 heavy (non-hydrogen) atoms. The fraction of sp³-hybridized carbons (Fsp3) is 0.263. The van der Waals surface area contributed by atoms with E-state index in [1.807, 2.05) is 49.4 Å². The zero-order valence-corrected chi connectivity index (χ0v) is 16.4. The highest BCUT2D eigenvalue weighted by Gasteiger charge is 2.34. The van der Waals surface area contributed by atoms with E-state index in [2.05, 4.69) is 0 Å². The van der Waals surface area contributed by atoms with Gasteiger partial charge >= 0.3 is 7.60 Å². The highest BCUT2D eigenvalue weighted by molar-refractivity contribution is 7.98. The number of rotatable bonds is 8. The Morgan fingerprint density at radius 3 is 2.08 bits per heavy atom. The second-order valence-corrected chi connectivity index (χ2v) is 9.05. The summed E-state index contributed by atoms with van der Waals surface area (Å²) < 4.78 is 37.5. The van der Waals surface area contributed by atoms with Gasteiger partial charge < -0.3 is 9.05 Å².